The summed E-state index contributed by atoms with van der Waals surface area (Å²) in [5, 5.41) is 0. The van der Waals surface area contributed by atoms with Crippen LogP contribution < -0.4 is 4.90 Å². The molecule has 0 bridgehead atoms. The fraction of sp³-hybridized carbons (Fsp3) is 0.235. The molecule has 2 aromatic carbocycles. The van der Waals surface area contributed by atoms with E-state index in [0.717, 1.165) is 48.7 Å². The number of fused-ring (bicyclic) bond motifs is 1. The van der Waals surface area contributed by atoms with Gasteiger partial charge in [0.2, 0.25) is 0 Å². The van der Waals surface area contributed by atoms with E-state index in [-0.39, 0.29) is 0 Å². The summed E-state index contributed by atoms with van der Waals surface area (Å²) in [5.41, 5.74) is 4.44. The Balaban J connectivity index is 1.63. The number of hydrogen-bond acceptors (Lipinski definition) is 3. The van der Waals surface area contributed by atoms with Crippen molar-refractivity contribution in [3.05, 3.63) is 48.5 Å². The van der Waals surface area contributed by atoms with E-state index in [1.807, 2.05) is 24.3 Å². The van der Waals surface area contributed by atoms with Gasteiger partial charge >= 0.3 is 0 Å². The molecule has 4 nitrogen and oxygen atoms in total. The van der Waals surface area contributed by atoms with Gasteiger partial charge in [-0.2, -0.15) is 0 Å². The molecule has 21 heavy (non-hydrogen) atoms. The predicted octanol–water partition coefficient (Wildman–Crippen LogP) is 3.07. The summed E-state index contributed by atoms with van der Waals surface area (Å²) >= 11 is 0. The number of morpholine rings is 1. The third-order valence-electron chi connectivity index (χ3n) is 3.91. The number of H-pyrrole nitrogens is 1. The van der Waals surface area contributed by atoms with Crippen LogP contribution in [0.25, 0.3) is 22.4 Å². The van der Waals surface area contributed by atoms with Crippen LogP contribution in [-0.2, 0) is 4.74 Å². The zero-order valence-electron chi connectivity index (χ0n) is 11.7. The van der Waals surface area contributed by atoms with Gasteiger partial charge in [-0.1, -0.05) is 12.1 Å². The first-order valence-corrected chi connectivity index (χ1v) is 7.28. The standard InChI is InChI=1S/C17H17N3O/c1-2-4-16-15(3-1)18-17(19-16)13-5-7-14(8-6-13)20-9-11-21-12-10-20/h1-8H,9-12H2,(H,18,19). The molecule has 1 aliphatic heterocycles. The highest BCUT2D eigenvalue weighted by atomic mass is 16.5. The van der Waals surface area contributed by atoms with Gasteiger partial charge in [0.15, 0.2) is 0 Å². The molecule has 2 heterocycles. The smallest absolute Gasteiger partial charge is 0.138 e. The number of para-hydroxylation sites is 2. The quantitative estimate of drug-likeness (QED) is 0.784. The Hall–Kier alpha value is -2.33. The first-order chi connectivity index (χ1) is 10.4. The van der Waals surface area contributed by atoms with E-state index in [4.69, 9.17) is 4.74 Å². The van der Waals surface area contributed by atoms with Gasteiger partial charge in [0.1, 0.15) is 5.82 Å². The van der Waals surface area contributed by atoms with Crippen LogP contribution in [0.15, 0.2) is 48.5 Å². The minimum Gasteiger partial charge on any atom is -0.378 e. The maximum Gasteiger partial charge on any atom is 0.138 e. The zero-order chi connectivity index (χ0) is 14.1. The number of nitrogens with zero attached hydrogens (tertiary/aromatic N) is 2. The van der Waals surface area contributed by atoms with Crippen molar-refractivity contribution < 1.29 is 4.74 Å². The van der Waals surface area contributed by atoms with Gasteiger partial charge in [0.05, 0.1) is 24.2 Å². The maximum absolute atomic E-state index is 5.39. The molecule has 1 aromatic heterocycles. The number of imidazole rings is 1. The van der Waals surface area contributed by atoms with Crippen molar-refractivity contribution in [2.45, 2.75) is 0 Å². The van der Waals surface area contributed by atoms with Crippen molar-refractivity contribution >= 4 is 16.7 Å². The third-order valence-corrected chi connectivity index (χ3v) is 3.91. The van der Waals surface area contributed by atoms with Gasteiger partial charge in [-0.15, -0.1) is 0 Å². The SMILES string of the molecule is c1ccc2[nH]c(-c3ccc(N4CCOCC4)cc3)nc2c1. The van der Waals surface area contributed by atoms with Gasteiger partial charge in [0, 0.05) is 24.3 Å². The Labute approximate surface area is 123 Å². The molecule has 0 unspecified atom stereocenters. The summed E-state index contributed by atoms with van der Waals surface area (Å²) in [5.74, 6) is 0.921. The number of hydrogen-bond donors (Lipinski definition) is 1. The molecule has 106 valence electrons. The second-order valence-electron chi connectivity index (χ2n) is 5.25. The van der Waals surface area contributed by atoms with Gasteiger partial charge < -0.3 is 14.6 Å². The van der Waals surface area contributed by atoms with Crippen LogP contribution in [0.1, 0.15) is 0 Å². The Morgan fingerprint density at radius 1 is 0.952 bits per heavy atom. The number of aromatic nitrogens is 2. The monoisotopic (exact) mass is 279 g/mol. The molecule has 4 heteroatoms. The minimum atomic E-state index is 0.811. The molecule has 0 atom stereocenters. The second kappa shape index (κ2) is 5.22. The molecule has 1 saturated heterocycles. The fourth-order valence-electron chi connectivity index (χ4n) is 2.74. The molecular weight excluding hydrogens is 262 g/mol. The van der Waals surface area contributed by atoms with Crippen molar-refractivity contribution in [2.24, 2.45) is 0 Å². The average Bonchev–Trinajstić information content (AvgIpc) is 3.00. The molecular formula is C17H17N3O. The topological polar surface area (TPSA) is 41.2 Å². The van der Waals surface area contributed by atoms with E-state index < -0.39 is 0 Å². The summed E-state index contributed by atoms with van der Waals surface area (Å²) < 4.78 is 5.39. The summed E-state index contributed by atoms with van der Waals surface area (Å²) in [6.07, 6.45) is 0. The lowest BCUT2D eigenvalue weighted by Crippen LogP contribution is -2.36. The molecule has 1 aliphatic rings. The molecule has 1 N–H and O–H groups in total. The predicted molar refractivity (Wildman–Crippen MR) is 84.6 cm³/mol. The highest BCUT2D eigenvalue weighted by molar-refractivity contribution is 5.79. The summed E-state index contributed by atoms with van der Waals surface area (Å²) in [6, 6.07) is 16.7. The summed E-state index contributed by atoms with van der Waals surface area (Å²) in [7, 11) is 0. The van der Waals surface area contributed by atoms with Crippen LogP contribution >= 0.6 is 0 Å². The number of rotatable bonds is 2. The Morgan fingerprint density at radius 3 is 2.48 bits per heavy atom. The second-order valence-corrected chi connectivity index (χ2v) is 5.25. The highest BCUT2D eigenvalue weighted by Gasteiger charge is 2.11. The van der Waals surface area contributed by atoms with E-state index in [9.17, 15) is 0 Å². The van der Waals surface area contributed by atoms with E-state index in [0.29, 0.717) is 0 Å². The first kappa shape index (κ1) is 12.4. The Morgan fingerprint density at radius 2 is 1.71 bits per heavy atom. The lowest BCUT2D eigenvalue weighted by atomic mass is 10.2. The molecule has 3 aromatic rings. The number of nitrogens with one attached hydrogen (secondary N) is 1. The Kier molecular flexibility index (Phi) is 3.09. The molecule has 4 rings (SSSR count). The first-order valence-electron chi connectivity index (χ1n) is 7.28. The molecule has 1 fully saturated rings. The van der Waals surface area contributed by atoms with Gasteiger partial charge in [-0.3, -0.25) is 0 Å². The van der Waals surface area contributed by atoms with E-state index >= 15 is 0 Å². The van der Waals surface area contributed by atoms with Crippen molar-refractivity contribution in [2.75, 3.05) is 31.2 Å². The number of aromatic amines is 1. The van der Waals surface area contributed by atoms with Crippen LogP contribution in [0.3, 0.4) is 0 Å². The Bertz CT molecular complexity index is 709. The van der Waals surface area contributed by atoms with Crippen LogP contribution in [0, 0.1) is 0 Å². The lowest BCUT2D eigenvalue weighted by Gasteiger charge is -2.28. The van der Waals surface area contributed by atoms with Gasteiger partial charge in [-0.25, -0.2) is 4.98 Å². The van der Waals surface area contributed by atoms with E-state index in [1.165, 1.54) is 5.69 Å². The van der Waals surface area contributed by atoms with E-state index in [2.05, 4.69) is 39.1 Å². The third kappa shape index (κ3) is 2.38. The molecule has 0 saturated carbocycles. The van der Waals surface area contributed by atoms with Crippen molar-refractivity contribution in [3.63, 3.8) is 0 Å². The maximum atomic E-state index is 5.39. The van der Waals surface area contributed by atoms with Crippen LogP contribution in [0.4, 0.5) is 5.69 Å². The lowest BCUT2D eigenvalue weighted by molar-refractivity contribution is 0.122. The van der Waals surface area contributed by atoms with Crippen molar-refractivity contribution in [3.8, 4) is 11.4 Å². The summed E-state index contributed by atoms with van der Waals surface area (Å²) in [4.78, 5) is 10.4. The average molecular weight is 279 g/mol. The molecule has 0 amide bonds. The van der Waals surface area contributed by atoms with Crippen molar-refractivity contribution in [1.82, 2.24) is 9.97 Å². The van der Waals surface area contributed by atoms with Gasteiger partial charge in [0.25, 0.3) is 0 Å². The fourth-order valence-corrected chi connectivity index (χ4v) is 2.74. The van der Waals surface area contributed by atoms with Crippen LogP contribution in [-0.4, -0.2) is 36.3 Å². The van der Waals surface area contributed by atoms with Crippen LogP contribution in [0.5, 0.6) is 0 Å². The largest absolute Gasteiger partial charge is 0.378 e. The number of benzene rings is 2. The van der Waals surface area contributed by atoms with Gasteiger partial charge in [-0.05, 0) is 36.4 Å². The highest BCUT2D eigenvalue weighted by Crippen LogP contribution is 2.23. The number of ether oxygens (including phenoxy) is 1. The number of anilines is 1. The van der Waals surface area contributed by atoms with E-state index in [1.54, 1.807) is 0 Å². The van der Waals surface area contributed by atoms with Crippen molar-refractivity contribution in [1.29, 1.82) is 0 Å². The molecule has 0 radical (unpaired) electrons. The van der Waals surface area contributed by atoms with Crippen LogP contribution in [0.2, 0.25) is 0 Å². The zero-order valence-corrected chi connectivity index (χ0v) is 11.7. The summed E-state index contributed by atoms with van der Waals surface area (Å²) in [6.45, 7) is 3.55. The normalized spacial score (nSPS) is 15.5. The molecule has 0 aliphatic carbocycles. The molecule has 0 spiro atoms. The minimum absolute atomic E-state index is 0.811.